The maximum Gasteiger partial charge on any atom is 0.350 e. The highest BCUT2D eigenvalue weighted by Crippen LogP contribution is 2.31. The lowest BCUT2D eigenvalue weighted by atomic mass is 10.3. The highest BCUT2D eigenvalue weighted by molar-refractivity contribution is 7.89. The third kappa shape index (κ3) is 5.96. The average Bonchev–Trinajstić information content (AvgIpc) is 3.10. The van der Waals surface area contributed by atoms with Crippen molar-refractivity contribution in [3.05, 3.63) is 34.5 Å². The van der Waals surface area contributed by atoms with Gasteiger partial charge in [-0.3, -0.25) is 9.59 Å². The Morgan fingerprint density at radius 1 is 1.12 bits per heavy atom. The van der Waals surface area contributed by atoms with Crippen molar-refractivity contribution in [2.45, 2.75) is 11.3 Å². The summed E-state index contributed by atoms with van der Waals surface area (Å²) in [4.78, 5) is 35.5. The Balaban J connectivity index is 1.50. The number of methoxy groups -OCH3 is 1. The molecule has 1 aliphatic heterocycles. The molecule has 0 atom stereocenters. The zero-order chi connectivity index (χ0) is 23.1. The number of benzene rings is 1. The zero-order valence-electron chi connectivity index (χ0n) is 16.9. The number of carbonyl (C=O) groups is 3. The Morgan fingerprint density at radius 3 is 2.62 bits per heavy atom. The number of amides is 1. The monoisotopic (exact) mass is 484 g/mol. The van der Waals surface area contributed by atoms with Gasteiger partial charge in [0.2, 0.25) is 10.0 Å². The molecular weight excluding hydrogens is 464 g/mol. The van der Waals surface area contributed by atoms with Gasteiger partial charge < -0.3 is 24.3 Å². The molecule has 1 aliphatic rings. The molecule has 1 aromatic heterocycles. The maximum atomic E-state index is 12.5. The number of anilines is 1. The summed E-state index contributed by atoms with van der Waals surface area (Å²) in [5.41, 5.74) is 0.220. The van der Waals surface area contributed by atoms with Crippen molar-refractivity contribution in [3.8, 4) is 11.5 Å². The molecule has 0 fully saturated rings. The molecule has 3 rings (SSSR count). The molecule has 11 nitrogen and oxygen atoms in total. The van der Waals surface area contributed by atoms with Crippen molar-refractivity contribution in [2.24, 2.45) is 0 Å². The van der Waals surface area contributed by atoms with Crippen molar-refractivity contribution >= 4 is 44.9 Å². The fraction of sp³-hybridized carbons (Fsp3) is 0.316. The minimum Gasteiger partial charge on any atom is -0.490 e. The van der Waals surface area contributed by atoms with Gasteiger partial charge in [-0.05, 0) is 23.6 Å². The van der Waals surface area contributed by atoms with E-state index in [9.17, 15) is 22.8 Å². The molecule has 32 heavy (non-hydrogen) atoms. The molecule has 2 aromatic rings. The van der Waals surface area contributed by atoms with Gasteiger partial charge in [0.25, 0.3) is 5.91 Å². The summed E-state index contributed by atoms with van der Waals surface area (Å²) < 4.78 is 47.3. The summed E-state index contributed by atoms with van der Waals surface area (Å²) in [7, 11) is -2.82. The van der Waals surface area contributed by atoms with Gasteiger partial charge in [0.1, 0.15) is 11.4 Å². The standard InChI is InChI=1S/C19H20N2O9S2/c1-27-19(24)18-13(5-8-31-18)21-16(22)11-30-17(23)10-20-32(25,26)12-3-4-14-15(9-12)29-7-2-6-28-14/h3-5,8-9,20H,2,6-7,10-11H2,1H3,(H,21,22). The van der Waals surface area contributed by atoms with E-state index in [0.717, 1.165) is 11.3 Å². The predicted molar refractivity (Wildman–Crippen MR) is 112 cm³/mol. The van der Waals surface area contributed by atoms with Crippen LogP contribution in [-0.4, -0.2) is 59.7 Å². The Labute approximate surface area is 187 Å². The molecule has 0 unspecified atom stereocenters. The van der Waals surface area contributed by atoms with Crippen LogP contribution in [0.2, 0.25) is 0 Å². The third-order valence-electron chi connectivity index (χ3n) is 4.11. The number of esters is 2. The van der Waals surface area contributed by atoms with E-state index in [2.05, 4.69) is 14.8 Å². The maximum absolute atomic E-state index is 12.5. The van der Waals surface area contributed by atoms with Gasteiger partial charge in [0.05, 0.1) is 30.9 Å². The molecule has 0 radical (unpaired) electrons. The molecule has 1 amide bonds. The van der Waals surface area contributed by atoms with Crippen molar-refractivity contribution < 1.29 is 41.7 Å². The van der Waals surface area contributed by atoms with Crippen molar-refractivity contribution in [3.63, 3.8) is 0 Å². The Morgan fingerprint density at radius 2 is 1.88 bits per heavy atom. The quantitative estimate of drug-likeness (QED) is 0.527. The molecule has 0 aliphatic carbocycles. The second-order valence-electron chi connectivity index (χ2n) is 6.35. The van der Waals surface area contributed by atoms with E-state index < -0.39 is 41.0 Å². The second kappa shape index (κ2) is 10.4. The number of thiophene rings is 1. The first-order chi connectivity index (χ1) is 15.3. The summed E-state index contributed by atoms with van der Waals surface area (Å²) in [6.07, 6.45) is 0.671. The van der Waals surface area contributed by atoms with Gasteiger partial charge in [-0.25, -0.2) is 13.2 Å². The van der Waals surface area contributed by atoms with Gasteiger partial charge in [-0.2, -0.15) is 4.72 Å². The largest absolute Gasteiger partial charge is 0.490 e. The number of ether oxygens (including phenoxy) is 4. The Bertz CT molecular complexity index is 1110. The van der Waals surface area contributed by atoms with Gasteiger partial charge in [0.15, 0.2) is 18.1 Å². The molecule has 13 heteroatoms. The lowest BCUT2D eigenvalue weighted by Gasteiger charge is -2.11. The van der Waals surface area contributed by atoms with Gasteiger partial charge in [-0.1, -0.05) is 0 Å². The van der Waals surface area contributed by atoms with Crippen LogP contribution in [0.25, 0.3) is 0 Å². The van der Waals surface area contributed by atoms with Crippen molar-refractivity contribution in [1.82, 2.24) is 4.72 Å². The van der Waals surface area contributed by atoms with Crippen LogP contribution < -0.4 is 19.5 Å². The van der Waals surface area contributed by atoms with Gasteiger partial charge in [0, 0.05) is 12.5 Å². The zero-order valence-corrected chi connectivity index (χ0v) is 18.5. The normalized spacial score (nSPS) is 13.0. The first kappa shape index (κ1) is 23.5. The third-order valence-corrected chi connectivity index (χ3v) is 6.40. The fourth-order valence-electron chi connectivity index (χ4n) is 2.59. The number of sulfonamides is 1. The van der Waals surface area contributed by atoms with E-state index in [4.69, 9.17) is 14.2 Å². The van der Waals surface area contributed by atoms with Crippen LogP contribution in [0, 0.1) is 0 Å². The van der Waals surface area contributed by atoms with Gasteiger partial charge in [-0.15, -0.1) is 11.3 Å². The first-order valence-corrected chi connectivity index (χ1v) is 11.7. The van der Waals surface area contributed by atoms with Gasteiger partial charge >= 0.3 is 11.9 Å². The first-order valence-electron chi connectivity index (χ1n) is 9.31. The topological polar surface area (TPSA) is 146 Å². The number of fused-ring (bicyclic) bond motifs is 1. The molecule has 1 aromatic carbocycles. The van der Waals surface area contributed by atoms with Crippen molar-refractivity contribution in [2.75, 3.05) is 38.8 Å². The lowest BCUT2D eigenvalue weighted by molar-refractivity contribution is -0.146. The minimum atomic E-state index is -4.04. The van der Waals surface area contributed by atoms with Crippen LogP contribution in [0.4, 0.5) is 5.69 Å². The van der Waals surface area contributed by atoms with Crippen LogP contribution in [0.15, 0.2) is 34.5 Å². The fourth-order valence-corrected chi connectivity index (χ4v) is 4.34. The van der Waals surface area contributed by atoms with Crippen LogP contribution in [0.3, 0.4) is 0 Å². The van der Waals surface area contributed by atoms with E-state index in [0.29, 0.717) is 31.1 Å². The second-order valence-corrected chi connectivity index (χ2v) is 9.03. The minimum absolute atomic E-state index is 0.111. The summed E-state index contributed by atoms with van der Waals surface area (Å²) in [5, 5.41) is 4.01. The lowest BCUT2D eigenvalue weighted by Crippen LogP contribution is -2.32. The molecule has 0 bridgehead atoms. The van der Waals surface area contributed by atoms with Crippen LogP contribution in [0.5, 0.6) is 11.5 Å². The average molecular weight is 485 g/mol. The highest BCUT2D eigenvalue weighted by atomic mass is 32.2. The molecule has 172 valence electrons. The van der Waals surface area contributed by atoms with Crippen LogP contribution in [-0.2, 0) is 29.1 Å². The number of rotatable bonds is 8. The summed E-state index contributed by atoms with van der Waals surface area (Å²) >= 11 is 1.08. The number of nitrogens with one attached hydrogen (secondary N) is 2. The molecule has 0 saturated carbocycles. The molecular formula is C19H20N2O9S2. The molecule has 0 spiro atoms. The van der Waals surface area contributed by atoms with Crippen LogP contribution >= 0.6 is 11.3 Å². The number of carbonyl (C=O) groups excluding carboxylic acids is 3. The SMILES string of the molecule is COC(=O)c1sccc1NC(=O)COC(=O)CNS(=O)(=O)c1ccc2c(c1)OCCCO2. The summed E-state index contributed by atoms with van der Waals surface area (Å²) in [6, 6.07) is 5.61. The Kier molecular flexibility index (Phi) is 7.66. The van der Waals surface area contributed by atoms with E-state index in [1.165, 1.54) is 31.4 Å². The highest BCUT2D eigenvalue weighted by Gasteiger charge is 2.21. The molecule has 2 N–H and O–H groups in total. The van der Waals surface area contributed by atoms with E-state index in [-0.39, 0.29) is 15.5 Å². The van der Waals surface area contributed by atoms with E-state index >= 15 is 0 Å². The van der Waals surface area contributed by atoms with E-state index in [1.807, 2.05) is 0 Å². The number of hydrogen-bond acceptors (Lipinski definition) is 10. The van der Waals surface area contributed by atoms with E-state index in [1.54, 1.807) is 5.38 Å². The summed E-state index contributed by atoms with van der Waals surface area (Å²) in [5.74, 6) is -1.54. The van der Waals surface area contributed by atoms with Crippen LogP contribution in [0.1, 0.15) is 16.1 Å². The predicted octanol–water partition coefficient (Wildman–Crippen LogP) is 1.16. The molecule has 2 heterocycles. The molecule has 0 saturated heterocycles. The Hall–Kier alpha value is -3.16. The number of hydrogen-bond donors (Lipinski definition) is 2. The smallest absolute Gasteiger partial charge is 0.350 e. The van der Waals surface area contributed by atoms with Crippen molar-refractivity contribution in [1.29, 1.82) is 0 Å². The summed E-state index contributed by atoms with van der Waals surface area (Å²) in [6.45, 7) is -0.491.